The monoisotopic (exact) mass is 842 g/mol. The lowest BCUT2D eigenvalue weighted by molar-refractivity contribution is -0.143. The van der Waals surface area contributed by atoms with E-state index < -0.39 is 94.5 Å². The zero-order valence-corrected chi connectivity index (χ0v) is 31.5. The van der Waals surface area contributed by atoms with Gasteiger partial charge in [0.15, 0.2) is 23.1 Å². The lowest BCUT2D eigenvalue weighted by Gasteiger charge is -2.44. The number of rotatable bonds is 7. The summed E-state index contributed by atoms with van der Waals surface area (Å²) in [4.78, 5) is 64.6. The maximum Gasteiger partial charge on any atom is 0.433 e. The van der Waals surface area contributed by atoms with Gasteiger partial charge in [-0.1, -0.05) is 34.9 Å². The molecule has 0 bridgehead atoms. The van der Waals surface area contributed by atoms with Crippen LogP contribution in [0.3, 0.4) is 0 Å². The molecule has 0 radical (unpaired) electrons. The Labute approximate surface area is 329 Å². The molecule has 13 nitrogen and oxygen atoms in total. The second-order valence-corrected chi connectivity index (χ2v) is 14.6. The van der Waals surface area contributed by atoms with Gasteiger partial charge in [0.2, 0.25) is 5.75 Å². The summed E-state index contributed by atoms with van der Waals surface area (Å²) in [6, 6.07) is 5.96. The van der Waals surface area contributed by atoms with Crippen molar-refractivity contribution in [1.29, 1.82) is 0 Å². The minimum absolute atomic E-state index is 0.0646. The van der Waals surface area contributed by atoms with Gasteiger partial charge in [0.05, 0.1) is 47.9 Å². The normalized spacial score (nSPS) is 24.6. The standard InChI is InChI=1S/C36H30Cl2F6N6O7/c1-47(29-19(37)7-9-23(45-29)35(39,40)41)49-31(52)16-6-5-15-17(26(16)33(49)54)13-18-27(25(15)14-11-21(56-3)28(51)22(12-14)57-4)34(55)50(32(18)53)48(2)30-20(38)8-10-24(46-30)36(42,43)44/h5,7-12,16-18,25-27,51H,6,13H2,1-4H3/t16-,17+,18+,25-,26-,27+/m0/s1. The third kappa shape index (κ3) is 6.34. The van der Waals surface area contributed by atoms with Gasteiger partial charge in [0.1, 0.15) is 11.4 Å². The highest BCUT2D eigenvalue weighted by atomic mass is 35.5. The first-order chi connectivity index (χ1) is 26.7. The largest absolute Gasteiger partial charge is 0.502 e. The minimum atomic E-state index is -4.90. The van der Waals surface area contributed by atoms with Crippen LogP contribution in [0.1, 0.15) is 35.7 Å². The van der Waals surface area contributed by atoms with Gasteiger partial charge in [-0.15, -0.1) is 0 Å². The number of anilines is 2. The van der Waals surface area contributed by atoms with E-state index in [2.05, 4.69) is 9.97 Å². The van der Waals surface area contributed by atoms with Crippen molar-refractivity contribution < 1.29 is 60.1 Å². The van der Waals surface area contributed by atoms with Crippen molar-refractivity contribution in [1.82, 2.24) is 20.0 Å². The van der Waals surface area contributed by atoms with Crippen LogP contribution < -0.4 is 19.5 Å². The van der Waals surface area contributed by atoms with E-state index in [1.165, 1.54) is 26.4 Å². The van der Waals surface area contributed by atoms with Gasteiger partial charge < -0.3 is 14.6 Å². The Morgan fingerprint density at radius 3 is 1.63 bits per heavy atom. The van der Waals surface area contributed by atoms with E-state index in [4.69, 9.17) is 32.7 Å². The second-order valence-electron chi connectivity index (χ2n) is 13.8. The van der Waals surface area contributed by atoms with E-state index >= 15 is 0 Å². The molecule has 2 aliphatic heterocycles. The van der Waals surface area contributed by atoms with Crippen molar-refractivity contribution in [3.8, 4) is 17.2 Å². The Morgan fingerprint density at radius 1 is 0.719 bits per heavy atom. The van der Waals surface area contributed by atoms with Crippen LogP contribution in [0.2, 0.25) is 10.0 Å². The molecule has 1 N–H and O–H groups in total. The lowest BCUT2D eigenvalue weighted by Crippen LogP contribution is -2.46. The molecule has 4 amide bonds. The number of imide groups is 2. The van der Waals surface area contributed by atoms with Gasteiger partial charge >= 0.3 is 12.4 Å². The van der Waals surface area contributed by atoms with E-state index in [1.807, 2.05) is 0 Å². The van der Waals surface area contributed by atoms with E-state index in [-0.39, 0.29) is 45.7 Å². The van der Waals surface area contributed by atoms with Crippen LogP contribution in [0.25, 0.3) is 0 Å². The molecule has 6 atom stereocenters. The van der Waals surface area contributed by atoms with E-state index in [0.717, 1.165) is 36.2 Å². The summed E-state index contributed by atoms with van der Waals surface area (Å²) in [7, 11) is 4.83. The highest BCUT2D eigenvalue weighted by molar-refractivity contribution is 6.33. The Kier molecular flexibility index (Phi) is 9.78. The highest BCUT2D eigenvalue weighted by Gasteiger charge is 2.63. The second kappa shape index (κ2) is 14.0. The summed E-state index contributed by atoms with van der Waals surface area (Å²) in [6.45, 7) is 0. The topological polar surface area (TPSA) is 146 Å². The maximum absolute atomic E-state index is 14.6. The van der Waals surface area contributed by atoms with Crippen LogP contribution in [-0.4, -0.2) is 77.0 Å². The van der Waals surface area contributed by atoms with Gasteiger partial charge in [-0.3, -0.25) is 29.2 Å². The number of hydrogen-bond acceptors (Lipinski definition) is 11. The molecular weight excluding hydrogens is 813 g/mol. The summed E-state index contributed by atoms with van der Waals surface area (Å²) < 4.78 is 92.7. The number of carbonyl (C=O) groups excluding carboxylic acids is 4. The number of aromatic hydroxyl groups is 1. The molecule has 2 aliphatic carbocycles. The zero-order valence-electron chi connectivity index (χ0n) is 30.0. The molecule has 1 saturated carbocycles. The molecule has 302 valence electrons. The smallest absolute Gasteiger partial charge is 0.433 e. The number of nitrogens with zero attached hydrogens (tertiary/aromatic N) is 6. The third-order valence-electron chi connectivity index (χ3n) is 10.9. The van der Waals surface area contributed by atoms with Crippen LogP contribution in [0, 0.1) is 29.6 Å². The van der Waals surface area contributed by atoms with Crippen molar-refractivity contribution in [2.75, 3.05) is 38.3 Å². The fraction of sp³-hybridized carbons (Fsp3) is 0.389. The number of aromatic nitrogens is 2. The predicted molar refractivity (Wildman–Crippen MR) is 188 cm³/mol. The number of hydrazine groups is 2. The SMILES string of the molecule is COc1cc([C@H]2C3=CC[C@@H]4C(=O)N(N(C)c5nc(C(F)(F)F)ccc5Cl)C(=O)[C@@H]4[C@@H]3C[C@H]3C(=O)N(N(C)c4nc(C(F)(F)F)ccc4Cl)C(=O)[C@@H]23)cc(OC)c1O. The minimum Gasteiger partial charge on any atom is -0.502 e. The first kappa shape index (κ1) is 39.9. The number of carbonyl (C=O) groups is 4. The van der Waals surface area contributed by atoms with Crippen LogP contribution >= 0.6 is 23.2 Å². The molecule has 3 aromatic rings. The number of ether oxygens (including phenoxy) is 2. The van der Waals surface area contributed by atoms with Crippen LogP contribution in [0.5, 0.6) is 17.2 Å². The van der Waals surface area contributed by atoms with Gasteiger partial charge in [-0.2, -0.15) is 36.4 Å². The number of pyridine rings is 2. The summed E-state index contributed by atoms with van der Waals surface area (Å²) >= 11 is 12.5. The Hall–Kier alpha value is -5.30. The molecule has 4 aliphatic rings. The highest BCUT2D eigenvalue weighted by Crippen LogP contribution is 2.59. The van der Waals surface area contributed by atoms with E-state index in [0.29, 0.717) is 27.7 Å². The maximum atomic E-state index is 14.6. The molecular formula is C36H30Cl2F6N6O7. The molecule has 2 saturated heterocycles. The Balaban J connectivity index is 1.33. The van der Waals surface area contributed by atoms with Gasteiger partial charge in [0.25, 0.3) is 23.6 Å². The first-order valence-corrected chi connectivity index (χ1v) is 17.8. The van der Waals surface area contributed by atoms with Gasteiger partial charge in [-0.05, 0) is 60.7 Å². The fourth-order valence-electron chi connectivity index (χ4n) is 8.44. The van der Waals surface area contributed by atoms with Crippen molar-refractivity contribution in [2.24, 2.45) is 29.6 Å². The molecule has 57 heavy (non-hydrogen) atoms. The number of allylic oxidation sites excluding steroid dienone is 2. The molecule has 0 unspecified atom stereocenters. The van der Waals surface area contributed by atoms with Crippen LogP contribution in [0.4, 0.5) is 38.0 Å². The molecule has 1 aromatic carbocycles. The predicted octanol–water partition coefficient (Wildman–Crippen LogP) is 6.28. The summed E-state index contributed by atoms with van der Waals surface area (Å²) in [6.07, 6.45) is -8.37. The fourth-order valence-corrected chi connectivity index (χ4v) is 8.89. The summed E-state index contributed by atoms with van der Waals surface area (Å²) in [5.41, 5.74) is -1.92. The molecule has 21 heteroatoms. The lowest BCUT2D eigenvalue weighted by atomic mass is 9.57. The number of methoxy groups -OCH3 is 2. The summed E-state index contributed by atoms with van der Waals surface area (Å²) in [5, 5.41) is 13.1. The number of fused-ring (bicyclic) bond motifs is 4. The average Bonchev–Trinajstić information content (AvgIpc) is 3.56. The molecule has 3 fully saturated rings. The summed E-state index contributed by atoms with van der Waals surface area (Å²) in [5.74, 6) is -11.7. The van der Waals surface area contributed by atoms with Crippen LogP contribution in [-0.2, 0) is 31.5 Å². The zero-order chi connectivity index (χ0) is 41.6. The average molecular weight is 844 g/mol. The van der Waals surface area contributed by atoms with Crippen molar-refractivity contribution in [2.45, 2.75) is 31.1 Å². The third-order valence-corrected chi connectivity index (χ3v) is 11.5. The van der Waals surface area contributed by atoms with Gasteiger partial charge in [0, 0.05) is 20.0 Å². The number of alkyl halides is 6. The number of phenols is 1. The number of benzene rings is 1. The van der Waals surface area contributed by atoms with Gasteiger partial charge in [-0.25, -0.2) is 9.97 Å². The molecule has 0 spiro atoms. The Morgan fingerprint density at radius 2 is 1.18 bits per heavy atom. The van der Waals surface area contributed by atoms with E-state index in [1.54, 1.807) is 6.08 Å². The number of phenolic OH excluding ortho intramolecular Hbond substituents is 1. The molecule has 2 aromatic heterocycles. The molecule has 4 heterocycles. The number of halogens is 8. The van der Waals surface area contributed by atoms with Crippen molar-refractivity contribution in [3.05, 3.63) is 75.0 Å². The quantitative estimate of drug-likeness (QED) is 0.163. The Bertz CT molecular complexity index is 2230. The first-order valence-electron chi connectivity index (χ1n) is 17.1. The van der Waals surface area contributed by atoms with Crippen molar-refractivity contribution >= 4 is 58.5 Å². The number of hydrogen-bond donors (Lipinski definition) is 1. The van der Waals surface area contributed by atoms with Crippen molar-refractivity contribution in [3.63, 3.8) is 0 Å². The van der Waals surface area contributed by atoms with Crippen LogP contribution in [0.15, 0.2) is 48.0 Å². The number of amides is 4. The molecule has 7 rings (SSSR count). The van der Waals surface area contributed by atoms with E-state index in [9.17, 15) is 50.6 Å².